The van der Waals surface area contributed by atoms with Gasteiger partial charge in [0.05, 0.1) is 9.82 Å². The first kappa shape index (κ1) is 13.0. The Morgan fingerprint density at radius 1 is 1.05 bits per heavy atom. The van der Waals surface area contributed by atoms with Gasteiger partial charge in [-0.2, -0.15) is 0 Å². The Kier molecular flexibility index (Phi) is 3.22. The zero-order valence-corrected chi connectivity index (χ0v) is 10.5. The van der Waals surface area contributed by atoms with Crippen molar-refractivity contribution in [2.75, 3.05) is 5.73 Å². The highest BCUT2D eigenvalue weighted by Gasteiger charge is 2.27. The van der Waals surface area contributed by atoms with Crippen molar-refractivity contribution in [3.8, 4) is 0 Å². The third-order valence-corrected chi connectivity index (χ3v) is 4.32. The summed E-state index contributed by atoms with van der Waals surface area (Å²) in [6.07, 6.45) is 0. The molecule has 0 unspecified atom stereocenters. The van der Waals surface area contributed by atoms with E-state index in [1.807, 2.05) is 0 Å². The fourth-order valence-corrected chi connectivity index (χ4v) is 3.10. The number of benzene rings is 2. The average Bonchev–Trinajstić information content (AvgIpc) is 2.39. The Hall–Kier alpha value is -2.41. The molecule has 7 heteroatoms. The Labute approximate surface area is 109 Å². The molecule has 0 saturated carbocycles. The van der Waals surface area contributed by atoms with Crippen LogP contribution in [0.1, 0.15) is 0 Å². The summed E-state index contributed by atoms with van der Waals surface area (Å²) in [6, 6.07) is 11.0. The second kappa shape index (κ2) is 4.69. The molecular formula is C12H10N2O4S. The maximum absolute atomic E-state index is 12.4. The molecule has 0 spiro atoms. The van der Waals surface area contributed by atoms with Crippen LogP contribution in [0.2, 0.25) is 0 Å². The highest BCUT2D eigenvalue weighted by molar-refractivity contribution is 7.91. The number of nitrogens with two attached hydrogens (primary N) is 1. The van der Waals surface area contributed by atoms with E-state index in [1.54, 1.807) is 18.2 Å². The molecule has 0 heterocycles. The SMILES string of the molecule is Nc1ccc([N+](=O)[O-])c(S(=O)(=O)c2ccccc2)c1. The number of nitrogens with zero attached hydrogens (tertiary/aromatic N) is 1. The van der Waals surface area contributed by atoms with Crippen LogP contribution >= 0.6 is 0 Å². The van der Waals surface area contributed by atoms with E-state index >= 15 is 0 Å². The number of nitrogen functional groups attached to an aromatic ring is 1. The second-order valence-corrected chi connectivity index (χ2v) is 5.72. The van der Waals surface area contributed by atoms with Gasteiger partial charge in [-0.05, 0) is 24.3 Å². The first-order valence-electron chi connectivity index (χ1n) is 5.27. The molecule has 2 aromatic rings. The summed E-state index contributed by atoms with van der Waals surface area (Å²) in [4.78, 5) is 9.76. The van der Waals surface area contributed by atoms with Gasteiger partial charge >= 0.3 is 0 Å². The summed E-state index contributed by atoms with van der Waals surface area (Å²) in [6.45, 7) is 0. The van der Waals surface area contributed by atoms with Gasteiger partial charge in [0.1, 0.15) is 0 Å². The lowest BCUT2D eigenvalue weighted by Crippen LogP contribution is -2.06. The third kappa shape index (κ3) is 2.41. The minimum atomic E-state index is -3.96. The number of anilines is 1. The van der Waals surface area contributed by atoms with E-state index < -0.39 is 25.3 Å². The summed E-state index contributed by atoms with van der Waals surface area (Å²) in [7, 11) is -3.96. The van der Waals surface area contributed by atoms with Gasteiger partial charge < -0.3 is 5.73 Å². The standard InChI is InChI=1S/C12H10N2O4S/c13-9-6-7-11(14(15)16)12(8-9)19(17,18)10-4-2-1-3-5-10/h1-8H,13H2. The molecule has 6 nitrogen and oxygen atoms in total. The van der Waals surface area contributed by atoms with Gasteiger partial charge in [-0.15, -0.1) is 0 Å². The van der Waals surface area contributed by atoms with Crippen LogP contribution in [0, 0.1) is 10.1 Å². The van der Waals surface area contributed by atoms with Crippen molar-refractivity contribution in [2.45, 2.75) is 9.79 Å². The number of nitro benzene ring substituents is 1. The monoisotopic (exact) mass is 278 g/mol. The molecule has 2 rings (SSSR count). The van der Waals surface area contributed by atoms with Crippen molar-refractivity contribution in [1.29, 1.82) is 0 Å². The van der Waals surface area contributed by atoms with E-state index in [4.69, 9.17) is 5.73 Å². The van der Waals surface area contributed by atoms with Crippen LogP contribution in [-0.2, 0) is 9.84 Å². The molecule has 2 N–H and O–H groups in total. The van der Waals surface area contributed by atoms with E-state index in [0.717, 1.165) is 12.1 Å². The van der Waals surface area contributed by atoms with Crippen LogP contribution in [0.15, 0.2) is 58.3 Å². The zero-order valence-electron chi connectivity index (χ0n) is 9.68. The first-order chi connectivity index (χ1) is 8.93. The first-order valence-corrected chi connectivity index (χ1v) is 6.75. The lowest BCUT2D eigenvalue weighted by atomic mass is 10.3. The van der Waals surface area contributed by atoms with Crippen LogP contribution in [-0.4, -0.2) is 13.3 Å². The molecule has 0 saturated heterocycles. The Balaban J connectivity index is 2.71. The van der Waals surface area contributed by atoms with Crippen molar-refractivity contribution in [3.63, 3.8) is 0 Å². The molecule has 0 radical (unpaired) electrons. The minimum absolute atomic E-state index is 0.0105. The Bertz CT molecular complexity index is 727. The van der Waals surface area contributed by atoms with Gasteiger partial charge in [0.2, 0.25) is 9.84 Å². The number of hydrogen-bond acceptors (Lipinski definition) is 5. The maximum atomic E-state index is 12.4. The molecular weight excluding hydrogens is 268 g/mol. The predicted molar refractivity (Wildman–Crippen MR) is 69.4 cm³/mol. The number of nitro groups is 1. The van der Waals surface area contributed by atoms with Crippen molar-refractivity contribution in [2.24, 2.45) is 0 Å². The second-order valence-electron chi connectivity index (χ2n) is 3.80. The Morgan fingerprint density at radius 3 is 2.26 bits per heavy atom. The molecule has 0 bridgehead atoms. The molecule has 0 amide bonds. The Morgan fingerprint density at radius 2 is 1.68 bits per heavy atom. The number of rotatable bonds is 3. The molecule has 0 aliphatic rings. The summed E-state index contributed by atoms with van der Waals surface area (Å²) in [5, 5.41) is 10.9. The summed E-state index contributed by atoms with van der Waals surface area (Å²) >= 11 is 0. The molecule has 0 fully saturated rings. The lowest BCUT2D eigenvalue weighted by molar-refractivity contribution is -0.387. The largest absolute Gasteiger partial charge is 0.399 e. The fourth-order valence-electron chi connectivity index (χ4n) is 1.62. The molecule has 98 valence electrons. The number of hydrogen-bond donors (Lipinski definition) is 1. The maximum Gasteiger partial charge on any atom is 0.288 e. The van der Waals surface area contributed by atoms with Gasteiger partial charge in [-0.1, -0.05) is 18.2 Å². The van der Waals surface area contributed by atoms with E-state index in [0.29, 0.717) is 0 Å². The van der Waals surface area contributed by atoms with E-state index in [9.17, 15) is 18.5 Å². The number of sulfone groups is 1. The van der Waals surface area contributed by atoms with Crippen molar-refractivity contribution < 1.29 is 13.3 Å². The molecule has 0 aromatic heterocycles. The molecule has 0 atom stereocenters. The van der Waals surface area contributed by atoms with Crippen LogP contribution in [0.5, 0.6) is 0 Å². The topological polar surface area (TPSA) is 103 Å². The summed E-state index contributed by atoms with van der Waals surface area (Å²) in [5.41, 5.74) is 5.18. The smallest absolute Gasteiger partial charge is 0.288 e. The molecule has 0 aliphatic heterocycles. The van der Waals surface area contributed by atoms with E-state index in [2.05, 4.69) is 0 Å². The van der Waals surface area contributed by atoms with Gasteiger partial charge in [-0.3, -0.25) is 10.1 Å². The van der Waals surface area contributed by atoms with Crippen molar-refractivity contribution >= 4 is 21.2 Å². The highest BCUT2D eigenvalue weighted by atomic mass is 32.2. The van der Waals surface area contributed by atoms with Gasteiger partial charge in [0.15, 0.2) is 4.90 Å². The van der Waals surface area contributed by atoms with Crippen LogP contribution in [0.25, 0.3) is 0 Å². The predicted octanol–water partition coefficient (Wildman–Crippen LogP) is 2.01. The van der Waals surface area contributed by atoms with Gasteiger partial charge in [0.25, 0.3) is 5.69 Å². The van der Waals surface area contributed by atoms with Crippen LogP contribution in [0.3, 0.4) is 0 Å². The van der Waals surface area contributed by atoms with Crippen LogP contribution in [0.4, 0.5) is 11.4 Å². The molecule has 0 aliphatic carbocycles. The van der Waals surface area contributed by atoms with Crippen molar-refractivity contribution in [3.05, 3.63) is 58.6 Å². The molecule has 2 aromatic carbocycles. The highest BCUT2D eigenvalue weighted by Crippen LogP contribution is 2.30. The molecule has 19 heavy (non-hydrogen) atoms. The van der Waals surface area contributed by atoms with E-state index in [-0.39, 0.29) is 10.6 Å². The fraction of sp³-hybridized carbons (Fsp3) is 0. The van der Waals surface area contributed by atoms with Gasteiger partial charge in [-0.25, -0.2) is 8.42 Å². The average molecular weight is 278 g/mol. The van der Waals surface area contributed by atoms with Crippen LogP contribution < -0.4 is 5.73 Å². The summed E-state index contributed by atoms with van der Waals surface area (Å²) < 4.78 is 24.7. The van der Waals surface area contributed by atoms with Crippen molar-refractivity contribution in [1.82, 2.24) is 0 Å². The normalized spacial score (nSPS) is 11.2. The quantitative estimate of drug-likeness (QED) is 0.525. The summed E-state index contributed by atoms with van der Waals surface area (Å²) in [5.74, 6) is 0. The van der Waals surface area contributed by atoms with E-state index in [1.165, 1.54) is 18.2 Å². The zero-order chi connectivity index (χ0) is 14.0. The third-order valence-electron chi connectivity index (χ3n) is 2.52. The lowest BCUT2D eigenvalue weighted by Gasteiger charge is -2.06. The minimum Gasteiger partial charge on any atom is -0.399 e. The van der Waals surface area contributed by atoms with Gasteiger partial charge in [0, 0.05) is 11.8 Å².